The van der Waals surface area contributed by atoms with Crippen molar-refractivity contribution in [3.8, 4) is 0 Å². The highest BCUT2D eigenvalue weighted by Crippen LogP contribution is 2.31. The molecule has 140 valence electrons. The van der Waals surface area contributed by atoms with E-state index in [0.29, 0.717) is 0 Å². The summed E-state index contributed by atoms with van der Waals surface area (Å²) in [6.45, 7) is 6.69. The first kappa shape index (κ1) is 21.1. The third-order valence-electron chi connectivity index (χ3n) is 5.53. The third kappa shape index (κ3) is 8.21. The monoisotopic (exact) mass is 337 g/mol. The van der Waals surface area contributed by atoms with Crippen LogP contribution in [0.5, 0.6) is 0 Å². The predicted octanol–water partition coefficient (Wildman–Crippen LogP) is 6.73. The molecule has 0 amide bonds. The van der Waals surface area contributed by atoms with Gasteiger partial charge in [-0.05, 0) is 12.8 Å². The molecule has 24 heavy (non-hydrogen) atoms. The summed E-state index contributed by atoms with van der Waals surface area (Å²) in [5.41, 5.74) is 1.00. The van der Waals surface area contributed by atoms with Crippen LogP contribution in [-0.4, -0.2) is 4.98 Å². The molecule has 0 fully saturated rings. The van der Waals surface area contributed by atoms with Crippen LogP contribution < -0.4 is 5.76 Å². The molecule has 1 aromatic rings. The van der Waals surface area contributed by atoms with Crippen molar-refractivity contribution in [1.82, 2.24) is 4.98 Å². The number of aromatic nitrogens is 1. The zero-order valence-corrected chi connectivity index (χ0v) is 16.3. The number of aromatic amines is 1. The second kappa shape index (κ2) is 12.4. The number of unbranched alkanes of at least 4 members (excludes halogenated alkanes) is 11. The Hall–Kier alpha value is -0.990. The van der Waals surface area contributed by atoms with Gasteiger partial charge in [0.25, 0.3) is 0 Å². The maximum atomic E-state index is 11.2. The van der Waals surface area contributed by atoms with E-state index in [4.69, 9.17) is 4.42 Å². The Bertz CT molecular complexity index is 462. The average Bonchev–Trinajstić information content (AvgIpc) is 3.03. The van der Waals surface area contributed by atoms with E-state index in [-0.39, 0.29) is 11.2 Å². The molecule has 0 aromatic carbocycles. The van der Waals surface area contributed by atoms with E-state index >= 15 is 0 Å². The Morgan fingerprint density at radius 3 is 1.79 bits per heavy atom. The summed E-state index contributed by atoms with van der Waals surface area (Å²) in [5.74, 6) is -0.334. The lowest BCUT2D eigenvalue weighted by Crippen LogP contribution is -2.22. The van der Waals surface area contributed by atoms with E-state index in [0.717, 1.165) is 18.5 Å². The molecule has 0 aliphatic heterocycles. The van der Waals surface area contributed by atoms with Gasteiger partial charge < -0.3 is 4.42 Å². The summed E-state index contributed by atoms with van der Waals surface area (Å²) in [7, 11) is 0. The molecule has 0 bridgehead atoms. The fourth-order valence-electron chi connectivity index (χ4n) is 3.43. The van der Waals surface area contributed by atoms with E-state index in [9.17, 15) is 4.79 Å². The Labute approximate surface area is 148 Å². The molecule has 1 heterocycles. The molecular weight excluding hydrogens is 298 g/mol. The van der Waals surface area contributed by atoms with Gasteiger partial charge in [-0.15, -0.1) is 0 Å². The van der Waals surface area contributed by atoms with Gasteiger partial charge in [0.05, 0.1) is 5.69 Å². The highest BCUT2D eigenvalue weighted by molar-refractivity contribution is 5.09. The minimum absolute atomic E-state index is 0.0463. The van der Waals surface area contributed by atoms with Gasteiger partial charge in [-0.1, -0.05) is 97.8 Å². The van der Waals surface area contributed by atoms with Gasteiger partial charge in [-0.2, -0.15) is 0 Å². The van der Waals surface area contributed by atoms with E-state index in [1.807, 2.05) is 0 Å². The van der Waals surface area contributed by atoms with E-state index < -0.39 is 0 Å². The maximum absolute atomic E-state index is 11.2. The Balaban J connectivity index is 2.02. The van der Waals surface area contributed by atoms with Crippen molar-refractivity contribution in [2.24, 2.45) is 0 Å². The van der Waals surface area contributed by atoms with Crippen molar-refractivity contribution in [3.05, 3.63) is 22.5 Å². The van der Waals surface area contributed by atoms with Gasteiger partial charge in [0.1, 0.15) is 6.26 Å². The van der Waals surface area contributed by atoms with Crippen LogP contribution in [0.3, 0.4) is 0 Å². The first-order chi connectivity index (χ1) is 11.6. The van der Waals surface area contributed by atoms with Gasteiger partial charge in [0.15, 0.2) is 0 Å². The summed E-state index contributed by atoms with van der Waals surface area (Å²) < 4.78 is 4.91. The van der Waals surface area contributed by atoms with Crippen LogP contribution in [0.25, 0.3) is 0 Å². The fourth-order valence-corrected chi connectivity index (χ4v) is 3.43. The first-order valence-electron chi connectivity index (χ1n) is 10.3. The van der Waals surface area contributed by atoms with Gasteiger partial charge >= 0.3 is 5.76 Å². The molecule has 3 heteroatoms. The van der Waals surface area contributed by atoms with Crippen molar-refractivity contribution >= 4 is 0 Å². The highest BCUT2D eigenvalue weighted by Gasteiger charge is 2.26. The lowest BCUT2D eigenvalue weighted by molar-refractivity contribution is 0.382. The molecule has 1 unspecified atom stereocenters. The largest absolute Gasteiger partial charge is 0.416 e. The zero-order valence-electron chi connectivity index (χ0n) is 16.3. The maximum Gasteiger partial charge on any atom is 0.416 e. The van der Waals surface area contributed by atoms with E-state index in [1.54, 1.807) is 6.26 Å². The summed E-state index contributed by atoms with van der Waals surface area (Å²) in [6, 6.07) is 0. The van der Waals surface area contributed by atoms with Crippen molar-refractivity contribution in [3.63, 3.8) is 0 Å². The molecule has 1 aromatic heterocycles. The molecule has 3 nitrogen and oxygen atoms in total. The lowest BCUT2D eigenvalue weighted by Gasteiger charge is -2.26. The topological polar surface area (TPSA) is 46.0 Å². The molecule has 0 radical (unpaired) electrons. The minimum Gasteiger partial charge on any atom is -0.416 e. The van der Waals surface area contributed by atoms with Crippen molar-refractivity contribution in [2.75, 3.05) is 0 Å². The number of hydrogen-bond acceptors (Lipinski definition) is 2. The number of oxazole rings is 1. The summed E-state index contributed by atoms with van der Waals surface area (Å²) in [4.78, 5) is 14.0. The molecule has 1 atom stereocenters. The van der Waals surface area contributed by atoms with Crippen molar-refractivity contribution < 1.29 is 4.42 Å². The quantitative estimate of drug-likeness (QED) is 0.361. The normalized spacial score (nSPS) is 14.0. The van der Waals surface area contributed by atoms with E-state index in [1.165, 1.54) is 77.0 Å². The van der Waals surface area contributed by atoms with Gasteiger partial charge in [0.2, 0.25) is 0 Å². The van der Waals surface area contributed by atoms with E-state index in [2.05, 4.69) is 25.8 Å². The van der Waals surface area contributed by atoms with Crippen LogP contribution >= 0.6 is 0 Å². The molecule has 1 rings (SSSR count). The van der Waals surface area contributed by atoms with Gasteiger partial charge in [-0.3, -0.25) is 4.98 Å². The highest BCUT2D eigenvalue weighted by atomic mass is 16.4. The molecule has 0 aliphatic carbocycles. The smallest absolute Gasteiger partial charge is 0.416 e. The zero-order chi connectivity index (χ0) is 17.7. The van der Waals surface area contributed by atoms with Gasteiger partial charge in [0, 0.05) is 5.41 Å². The molecule has 0 spiro atoms. The standard InChI is InChI=1S/C21H39NO2/c1-4-6-7-8-9-10-11-12-13-14-15-16-17-21(3,5-2)19-18-24-20(23)22-19/h18H,4-17H2,1-3H3,(H,22,23). The Kier molecular flexibility index (Phi) is 10.9. The van der Waals surface area contributed by atoms with Crippen molar-refractivity contribution in [2.45, 2.75) is 116 Å². The van der Waals surface area contributed by atoms with Crippen LogP contribution in [0.1, 0.15) is 116 Å². The fraction of sp³-hybridized carbons (Fsp3) is 0.857. The second-order valence-electron chi connectivity index (χ2n) is 7.62. The number of rotatable bonds is 15. The average molecular weight is 338 g/mol. The SMILES string of the molecule is CCCCCCCCCCCCCCC(C)(CC)c1coc(=O)[nH]1. The van der Waals surface area contributed by atoms with Crippen LogP contribution in [0.2, 0.25) is 0 Å². The van der Waals surface area contributed by atoms with Crippen LogP contribution in [0, 0.1) is 0 Å². The summed E-state index contributed by atoms with van der Waals surface area (Å²) in [5, 5.41) is 0. The molecule has 0 saturated carbocycles. The van der Waals surface area contributed by atoms with Gasteiger partial charge in [-0.25, -0.2) is 4.79 Å². The summed E-state index contributed by atoms with van der Waals surface area (Å²) in [6.07, 6.45) is 20.3. The number of hydrogen-bond donors (Lipinski definition) is 1. The molecule has 1 N–H and O–H groups in total. The lowest BCUT2D eigenvalue weighted by atomic mass is 9.79. The second-order valence-corrected chi connectivity index (χ2v) is 7.62. The third-order valence-corrected chi connectivity index (χ3v) is 5.53. The summed E-state index contributed by atoms with van der Waals surface area (Å²) >= 11 is 0. The van der Waals surface area contributed by atoms with Crippen molar-refractivity contribution in [1.29, 1.82) is 0 Å². The van der Waals surface area contributed by atoms with Crippen LogP contribution in [0.4, 0.5) is 0 Å². The predicted molar refractivity (Wildman–Crippen MR) is 103 cm³/mol. The van der Waals surface area contributed by atoms with Crippen LogP contribution in [-0.2, 0) is 5.41 Å². The number of H-pyrrole nitrogens is 1. The molecular formula is C21H39NO2. The minimum atomic E-state index is -0.334. The number of nitrogens with one attached hydrogen (secondary N) is 1. The Morgan fingerprint density at radius 2 is 1.38 bits per heavy atom. The molecule has 0 aliphatic rings. The first-order valence-corrected chi connectivity index (χ1v) is 10.3. The van der Waals surface area contributed by atoms with Crippen LogP contribution in [0.15, 0.2) is 15.5 Å². The Morgan fingerprint density at radius 1 is 0.875 bits per heavy atom. The molecule has 0 saturated heterocycles.